The molecule has 0 bridgehead atoms. The van der Waals surface area contributed by atoms with E-state index in [9.17, 15) is 19.2 Å². The first kappa shape index (κ1) is 37.0. The molecule has 0 aromatic carbocycles. The van der Waals surface area contributed by atoms with Gasteiger partial charge in [-0.15, -0.1) is 0 Å². The Morgan fingerprint density at radius 2 is 1.54 bits per heavy atom. The van der Waals surface area contributed by atoms with Gasteiger partial charge in [-0.05, 0) is 90.9 Å². The zero-order valence-electron chi connectivity index (χ0n) is 31.7. The Balaban J connectivity index is 1.47. The average molecular weight is 698 g/mol. The largest absolute Gasteiger partial charge is 0.465 e. The predicted molar refractivity (Wildman–Crippen MR) is 184 cm³/mol. The third kappa shape index (κ3) is 5.39. The van der Waals surface area contributed by atoms with Crippen molar-refractivity contribution < 1.29 is 42.9 Å². The van der Waals surface area contributed by atoms with Crippen LogP contribution in [0.5, 0.6) is 0 Å². The molecule has 0 radical (unpaired) electrons. The molecule has 0 unspecified atom stereocenters. The predicted octanol–water partition coefficient (Wildman–Crippen LogP) is 5.70. The third-order valence-electron chi connectivity index (χ3n) is 15.3. The van der Waals surface area contributed by atoms with Crippen molar-refractivity contribution in [1.82, 2.24) is 4.90 Å². The van der Waals surface area contributed by atoms with Gasteiger partial charge in [0.1, 0.15) is 18.8 Å². The van der Waals surface area contributed by atoms with Gasteiger partial charge in [0.2, 0.25) is 5.91 Å². The van der Waals surface area contributed by atoms with Gasteiger partial charge in [0.15, 0.2) is 5.78 Å². The van der Waals surface area contributed by atoms with Crippen LogP contribution in [0.15, 0.2) is 11.6 Å². The SMILES string of the molecule is CC(=O)OC[C@@]1(C)[C@@H]2CC[C@]3(C)[C@H](C(=O)C=C4[C@@H]5[C@@H](C)[C@H](C)CC[C@]5(C(=O)N5CCOCC5)CC[C@]43C)[C@@]2(C)C[C@@H](OC(C)=O)[C@@H]1OC(C)=O. The summed E-state index contributed by atoms with van der Waals surface area (Å²) in [7, 11) is 0. The fourth-order valence-corrected chi connectivity index (χ4v) is 12.8. The number of nitrogens with zero attached hydrogens (tertiary/aromatic N) is 1. The molecule has 50 heavy (non-hydrogen) atoms. The molecule has 1 amide bonds. The van der Waals surface area contributed by atoms with Crippen LogP contribution in [-0.2, 0) is 42.9 Å². The number of hydrogen-bond donors (Lipinski definition) is 0. The molecule has 6 rings (SSSR count). The van der Waals surface area contributed by atoms with Crippen LogP contribution in [0.4, 0.5) is 0 Å². The number of hydrogen-bond acceptors (Lipinski definition) is 9. The lowest BCUT2D eigenvalue weighted by Crippen LogP contribution is -2.71. The van der Waals surface area contributed by atoms with Crippen molar-refractivity contribution in [3.8, 4) is 0 Å². The summed E-state index contributed by atoms with van der Waals surface area (Å²) in [5.41, 5.74) is -1.78. The molecule has 1 heterocycles. The number of morpholine rings is 1. The molecule has 10 nitrogen and oxygen atoms in total. The molecule has 278 valence electrons. The zero-order valence-corrected chi connectivity index (χ0v) is 31.7. The van der Waals surface area contributed by atoms with E-state index in [-0.39, 0.29) is 41.5 Å². The van der Waals surface area contributed by atoms with E-state index in [4.69, 9.17) is 18.9 Å². The fourth-order valence-electron chi connectivity index (χ4n) is 12.8. The molecule has 6 aliphatic rings. The summed E-state index contributed by atoms with van der Waals surface area (Å²) >= 11 is 0. The standard InChI is InChI=1S/C40H59NO9/c1-23-10-13-40(35(46)41-16-18-47-19-17-41)15-14-38(8)28(32(40)24(23)2)20-29(45)33-36(6)21-30(49-26(4)43)34(50-27(5)44)37(7,22-48-25(3)42)31(36)11-12-39(33,38)9/h20,23-24,30-34H,10-19,21-22H2,1-9H3/t23-,24+,30-,31-,32+,33-,34+,36+,37+,38-,39-,40+/m1/s1. The van der Waals surface area contributed by atoms with Crippen LogP contribution in [0.3, 0.4) is 0 Å². The summed E-state index contributed by atoms with van der Waals surface area (Å²) in [5.74, 6) is -1.13. The quantitative estimate of drug-likeness (QED) is 0.263. The van der Waals surface area contributed by atoms with Crippen molar-refractivity contribution in [3.05, 3.63) is 11.6 Å². The van der Waals surface area contributed by atoms with Crippen molar-refractivity contribution in [1.29, 1.82) is 0 Å². The van der Waals surface area contributed by atoms with Gasteiger partial charge in [0, 0.05) is 45.2 Å². The van der Waals surface area contributed by atoms with E-state index in [0.717, 1.165) is 44.1 Å². The highest BCUT2D eigenvalue weighted by Crippen LogP contribution is 2.75. The van der Waals surface area contributed by atoms with Gasteiger partial charge in [-0.25, -0.2) is 0 Å². The van der Waals surface area contributed by atoms with E-state index in [1.807, 2.05) is 17.9 Å². The highest BCUT2D eigenvalue weighted by atomic mass is 16.6. The molecule has 5 fully saturated rings. The van der Waals surface area contributed by atoms with Crippen LogP contribution < -0.4 is 0 Å². The molecule has 1 aliphatic heterocycles. The summed E-state index contributed by atoms with van der Waals surface area (Å²) in [6.07, 6.45) is 5.49. The van der Waals surface area contributed by atoms with E-state index in [0.29, 0.717) is 38.6 Å². The van der Waals surface area contributed by atoms with Crippen molar-refractivity contribution in [3.63, 3.8) is 0 Å². The number of ether oxygens (including phenoxy) is 4. The van der Waals surface area contributed by atoms with Crippen LogP contribution in [0, 0.1) is 56.7 Å². The van der Waals surface area contributed by atoms with Gasteiger partial charge in [0.05, 0.1) is 18.6 Å². The Kier molecular flexibility index (Phi) is 9.43. The molecule has 0 aromatic rings. The monoisotopic (exact) mass is 697 g/mol. The zero-order chi connectivity index (χ0) is 36.6. The van der Waals surface area contributed by atoms with Crippen molar-refractivity contribution in [2.24, 2.45) is 56.7 Å². The van der Waals surface area contributed by atoms with Gasteiger partial charge < -0.3 is 23.8 Å². The molecular weight excluding hydrogens is 638 g/mol. The van der Waals surface area contributed by atoms with E-state index in [2.05, 4.69) is 34.6 Å². The number of fused-ring (bicyclic) bond motifs is 7. The molecular formula is C40H59NO9. The van der Waals surface area contributed by atoms with Gasteiger partial charge in [-0.1, -0.05) is 47.1 Å². The fraction of sp³-hybridized carbons (Fsp3) is 0.825. The minimum Gasteiger partial charge on any atom is -0.465 e. The summed E-state index contributed by atoms with van der Waals surface area (Å²) in [4.78, 5) is 69.1. The highest BCUT2D eigenvalue weighted by Gasteiger charge is 2.73. The van der Waals surface area contributed by atoms with Gasteiger partial charge in [-0.3, -0.25) is 24.0 Å². The van der Waals surface area contributed by atoms with E-state index in [1.54, 1.807) is 0 Å². The maximum Gasteiger partial charge on any atom is 0.303 e. The number of allylic oxidation sites excluding steroid dienone is 2. The molecule has 0 N–H and O–H groups in total. The normalized spacial score (nSPS) is 45.5. The average Bonchev–Trinajstić information content (AvgIpc) is 3.04. The van der Waals surface area contributed by atoms with Gasteiger partial charge >= 0.3 is 17.9 Å². The lowest BCUT2D eigenvalue weighted by atomic mass is 9.33. The highest BCUT2D eigenvalue weighted by molar-refractivity contribution is 5.96. The van der Waals surface area contributed by atoms with Crippen molar-refractivity contribution in [2.75, 3.05) is 32.9 Å². The smallest absolute Gasteiger partial charge is 0.303 e. The second-order valence-electron chi connectivity index (χ2n) is 17.9. The summed E-state index contributed by atoms with van der Waals surface area (Å²) in [6, 6.07) is 0. The summed E-state index contributed by atoms with van der Waals surface area (Å²) in [6.45, 7) is 19.7. The van der Waals surface area contributed by atoms with Crippen LogP contribution in [0.2, 0.25) is 0 Å². The molecule has 4 saturated carbocycles. The first-order chi connectivity index (χ1) is 23.4. The summed E-state index contributed by atoms with van der Waals surface area (Å²) in [5, 5.41) is 0. The minimum absolute atomic E-state index is 0.0298. The third-order valence-corrected chi connectivity index (χ3v) is 15.3. The second-order valence-corrected chi connectivity index (χ2v) is 17.9. The molecule has 12 atom stereocenters. The Bertz CT molecular complexity index is 1470. The maximum atomic E-state index is 15.1. The molecule has 0 spiro atoms. The molecule has 1 saturated heterocycles. The Morgan fingerprint density at radius 3 is 2.16 bits per heavy atom. The molecule has 5 aliphatic carbocycles. The van der Waals surface area contributed by atoms with Crippen LogP contribution in [0.25, 0.3) is 0 Å². The van der Waals surface area contributed by atoms with E-state index in [1.165, 1.54) is 20.8 Å². The number of carbonyl (C=O) groups excluding carboxylic acids is 5. The second kappa shape index (κ2) is 12.7. The number of rotatable bonds is 5. The molecule has 10 heteroatoms. The van der Waals surface area contributed by atoms with Gasteiger partial charge in [0.25, 0.3) is 0 Å². The van der Waals surface area contributed by atoms with Crippen LogP contribution >= 0.6 is 0 Å². The lowest BCUT2D eigenvalue weighted by molar-refractivity contribution is -0.252. The van der Waals surface area contributed by atoms with Crippen LogP contribution in [-0.4, -0.2) is 79.6 Å². The number of ketones is 1. The summed E-state index contributed by atoms with van der Waals surface area (Å²) < 4.78 is 23.2. The Hall–Kier alpha value is -2.75. The Labute approximate surface area is 297 Å². The topological polar surface area (TPSA) is 126 Å². The minimum atomic E-state index is -0.920. The first-order valence-electron chi connectivity index (χ1n) is 19.0. The first-order valence-corrected chi connectivity index (χ1v) is 19.0. The van der Waals surface area contributed by atoms with Gasteiger partial charge in [-0.2, -0.15) is 0 Å². The molecule has 0 aromatic heterocycles. The lowest BCUT2D eigenvalue weighted by Gasteiger charge is -2.71. The number of amides is 1. The number of carbonyl (C=O) groups is 5. The van der Waals surface area contributed by atoms with E-state index < -0.39 is 57.7 Å². The van der Waals surface area contributed by atoms with Crippen molar-refractivity contribution >= 4 is 29.6 Å². The van der Waals surface area contributed by atoms with Crippen LogP contribution in [0.1, 0.15) is 107 Å². The maximum absolute atomic E-state index is 15.1. The van der Waals surface area contributed by atoms with Crippen molar-refractivity contribution in [2.45, 2.75) is 119 Å². The van der Waals surface area contributed by atoms with E-state index >= 15 is 4.79 Å². The Morgan fingerprint density at radius 1 is 0.880 bits per heavy atom. The number of esters is 3.